The van der Waals surface area contributed by atoms with E-state index in [2.05, 4.69) is 55.4 Å². The van der Waals surface area contributed by atoms with Crippen LogP contribution in [0.15, 0.2) is 55.0 Å². The normalized spacial score (nSPS) is 18.6. The van der Waals surface area contributed by atoms with E-state index in [0.29, 0.717) is 0 Å². The van der Waals surface area contributed by atoms with Gasteiger partial charge in [0.15, 0.2) is 0 Å². The van der Waals surface area contributed by atoms with Gasteiger partial charge < -0.3 is 19.1 Å². The Labute approximate surface area is 183 Å². The molecule has 0 spiro atoms. The van der Waals surface area contributed by atoms with E-state index in [1.54, 1.807) is 0 Å². The topological polar surface area (TPSA) is 47.3 Å². The molecular formula is C24H30N6O. The van der Waals surface area contributed by atoms with Crippen LogP contribution in [-0.4, -0.2) is 89.4 Å². The third-order valence-corrected chi connectivity index (χ3v) is 6.49. The second-order valence-electron chi connectivity index (χ2n) is 8.62. The number of carbonyl (C=O) groups is 1. The lowest BCUT2D eigenvalue weighted by Crippen LogP contribution is -2.47. The van der Waals surface area contributed by atoms with Crippen molar-refractivity contribution in [1.82, 2.24) is 24.1 Å². The molecule has 7 nitrogen and oxygen atoms in total. The van der Waals surface area contributed by atoms with E-state index < -0.39 is 0 Å². The molecule has 0 aromatic carbocycles. The van der Waals surface area contributed by atoms with Crippen LogP contribution in [0.1, 0.15) is 15.9 Å². The summed E-state index contributed by atoms with van der Waals surface area (Å²) < 4.78 is 2.18. The van der Waals surface area contributed by atoms with Gasteiger partial charge in [-0.2, -0.15) is 0 Å². The Bertz CT molecular complexity index is 1030. The van der Waals surface area contributed by atoms with Crippen molar-refractivity contribution in [2.24, 2.45) is 0 Å². The van der Waals surface area contributed by atoms with Crippen LogP contribution in [0.3, 0.4) is 0 Å². The van der Waals surface area contributed by atoms with E-state index in [4.69, 9.17) is 0 Å². The lowest BCUT2D eigenvalue weighted by molar-refractivity contribution is 0.0663. The summed E-state index contributed by atoms with van der Waals surface area (Å²) in [5.41, 5.74) is 3.16. The maximum atomic E-state index is 13.0. The van der Waals surface area contributed by atoms with Crippen molar-refractivity contribution in [2.45, 2.75) is 6.54 Å². The Morgan fingerprint density at radius 3 is 2.45 bits per heavy atom. The fourth-order valence-corrected chi connectivity index (χ4v) is 4.55. The number of hydrogen-bond acceptors (Lipinski definition) is 5. The van der Waals surface area contributed by atoms with Crippen LogP contribution in [0.4, 0.5) is 5.82 Å². The SMILES string of the molecule is CN1CCN(C(=O)c2ccc3ccc(N4CCN(Cc5cccnc5)CC4)n3c2)CC1. The van der Waals surface area contributed by atoms with Gasteiger partial charge in [-0.15, -0.1) is 0 Å². The zero-order valence-electron chi connectivity index (χ0n) is 18.2. The van der Waals surface area contributed by atoms with Gasteiger partial charge in [0, 0.05) is 83.0 Å². The molecule has 0 N–H and O–H groups in total. The number of aromatic nitrogens is 2. The first-order valence-corrected chi connectivity index (χ1v) is 11.1. The number of pyridine rings is 2. The standard InChI is InChI=1S/C24H30N6O/c1-26-9-13-29(14-10-26)24(31)21-4-5-22-6-7-23(30(22)19-21)28-15-11-27(12-16-28)18-20-3-2-8-25-17-20/h2-8,17,19H,9-16,18H2,1H3. The monoisotopic (exact) mass is 418 g/mol. The largest absolute Gasteiger partial charge is 0.355 e. The zero-order chi connectivity index (χ0) is 21.2. The Hall–Kier alpha value is -2.90. The smallest absolute Gasteiger partial charge is 0.255 e. The summed E-state index contributed by atoms with van der Waals surface area (Å²) in [7, 11) is 2.11. The lowest BCUT2D eigenvalue weighted by atomic mass is 10.2. The van der Waals surface area contributed by atoms with Crippen LogP contribution in [0.25, 0.3) is 5.52 Å². The molecule has 2 aliphatic heterocycles. The quantitative estimate of drug-likeness (QED) is 0.649. The van der Waals surface area contributed by atoms with Crippen LogP contribution in [-0.2, 0) is 6.54 Å². The number of hydrogen-bond donors (Lipinski definition) is 0. The zero-order valence-corrected chi connectivity index (χ0v) is 18.2. The molecule has 0 atom stereocenters. The molecule has 162 valence electrons. The minimum atomic E-state index is 0.135. The second-order valence-corrected chi connectivity index (χ2v) is 8.62. The van der Waals surface area contributed by atoms with Crippen LogP contribution in [0.5, 0.6) is 0 Å². The Balaban J connectivity index is 1.28. The van der Waals surface area contributed by atoms with Gasteiger partial charge in [-0.1, -0.05) is 6.07 Å². The molecule has 0 saturated carbocycles. The predicted octanol–water partition coefficient (Wildman–Crippen LogP) is 2.04. The van der Waals surface area contributed by atoms with E-state index in [0.717, 1.165) is 70.0 Å². The summed E-state index contributed by atoms with van der Waals surface area (Å²) in [5, 5.41) is 0. The molecule has 5 heterocycles. The Kier molecular flexibility index (Phi) is 5.61. The van der Waals surface area contributed by atoms with Crippen molar-refractivity contribution in [3.8, 4) is 0 Å². The summed E-state index contributed by atoms with van der Waals surface area (Å²) in [5.74, 6) is 1.31. The first-order valence-electron chi connectivity index (χ1n) is 11.1. The van der Waals surface area contributed by atoms with E-state index in [9.17, 15) is 4.79 Å². The van der Waals surface area contributed by atoms with Gasteiger partial charge in [0.05, 0.1) is 5.56 Å². The average Bonchev–Trinajstić information content (AvgIpc) is 3.24. The average molecular weight is 419 g/mol. The highest BCUT2D eigenvalue weighted by Gasteiger charge is 2.22. The molecule has 2 saturated heterocycles. The van der Waals surface area contributed by atoms with Gasteiger partial charge in [-0.25, -0.2) is 0 Å². The predicted molar refractivity (Wildman–Crippen MR) is 123 cm³/mol. The molecule has 5 rings (SSSR count). The van der Waals surface area contributed by atoms with E-state index in [1.807, 2.05) is 35.6 Å². The third-order valence-electron chi connectivity index (χ3n) is 6.49. The number of rotatable bonds is 4. The number of amides is 1. The molecule has 0 radical (unpaired) electrons. The second kappa shape index (κ2) is 8.69. The van der Waals surface area contributed by atoms with Crippen molar-refractivity contribution in [3.63, 3.8) is 0 Å². The molecule has 1 amide bonds. The highest BCUT2D eigenvalue weighted by atomic mass is 16.2. The molecule has 0 unspecified atom stereocenters. The number of carbonyl (C=O) groups excluding carboxylic acids is 1. The fraction of sp³-hybridized carbons (Fsp3) is 0.417. The maximum Gasteiger partial charge on any atom is 0.255 e. The summed E-state index contributed by atoms with van der Waals surface area (Å²) in [6.07, 6.45) is 5.79. The molecule has 2 aliphatic rings. The highest BCUT2D eigenvalue weighted by Crippen LogP contribution is 2.23. The number of nitrogens with zero attached hydrogens (tertiary/aromatic N) is 6. The van der Waals surface area contributed by atoms with Crippen LogP contribution >= 0.6 is 0 Å². The van der Waals surface area contributed by atoms with E-state index in [1.165, 1.54) is 11.4 Å². The first kappa shape index (κ1) is 20.0. The summed E-state index contributed by atoms with van der Waals surface area (Å²) in [6, 6.07) is 12.5. The summed E-state index contributed by atoms with van der Waals surface area (Å²) in [6.45, 7) is 8.39. The van der Waals surface area contributed by atoms with E-state index >= 15 is 0 Å². The Morgan fingerprint density at radius 2 is 1.71 bits per heavy atom. The van der Waals surface area contributed by atoms with Crippen molar-refractivity contribution in [1.29, 1.82) is 0 Å². The molecule has 7 heteroatoms. The van der Waals surface area contributed by atoms with Gasteiger partial charge in [0.1, 0.15) is 5.82 Å². The van der Waals surface area contributed by atoms with E-state index in [-0.39, 0.29) is 5.91 Å². The minimum Gasteiger partial charge on any atom is -0.355 e. The van der Waals surface area contributed by atoms with Gasteiger partial charge in [-0.3, -0.25) is 14.7 Å². The lowest BCUT2D eigenvalue weighted by Gasteiger charge is -2.36. The minimum absolute atomic E-state index is 0.135. The maximum absolute atomic E-state index is 13.0. The van der Waals surface area contributed by atoms with Gasteiger partial charge in [0.25, 0.3) is 5.91 Å². The first-order chi connectivity index (χ1) is 15.2. The summed E-state index contributed by atoms with van der Waals surface area (Å²) in [4.78, 5) is 26.4. The van der Waals surface area contributed by atoms with Crippen molar-refractivity contribution >= 4 is 17.2 Å². The number of piperazine rings is 2. The van der Waals surface area contributed by atoms with Crippen LogP contribution in [0.2, 0.25) is 0 Å². The number of likely N-dealkylation sites (N-methyl/N-ethyl adjacent to an activating group) is 1. The molecule has 31 heavy (non-hydrogen) atoms. The molecule has 0 aliphatic carbocycles. The van der Waals surface area contributed by atoms with Crippen molar-refractivity contribution < 1.29 is 4.79 Å². The number of anilines is 1. The van der Waals surface area contributed by atoms with Crippen molar-refractivity contribution in [2.75, 3.05) is 64.3 Å². The van der Waals surface area contributed by atoms with Crippen LogP contribution < -0.4 is 4.90 Å². The molecule has 3 aromatic heterocycles. The molecule has 0 bridgehead atoms. The third kappa shape index (κ3) is 4.29. The number of fused-ring (bicyclic) bond motifs is 1. The Morgan fingerprint density at radius 1 is 0.935 bits per heavy atom. The highest BCUT2D eigenvalue weighted by molar-refractivity contribution is 5.94. The summed E-state index contributed by atoms with van der Waals surface area (Å²) >= 11 is 0. The molecule has 3 aromatic rings. The van der Waals surface area contributed by atoms with Crippen molar-refractivity contribution in [3.05, 3.63) is 66.1 Å². The van der Waals surface area contributed by atoms with Gasteiger partial charge in [0.2, 0.25) is 0 Å². The molecule has 2 fully saturated rings. The fourth-order valence-electron chi connectivity index (χ4n) is 4.55. The molecular weight excluding hydrogens is 388 g/mol. The van der Waals surface area contributed by atoms with Gasteiger partial charge in [-0.05, 0) is 42.9 Å². The van der Waals surface area contributed by atoms with Crippen LogP contribution in [0, 0.1) is 0 Å². The van der Waals surface area contributed by atoms with Gasteiger partial charge >= 0.3 is 0 Å².